The molecular weight excluding hydrogens is 720 g/mol. The number of fused-ring (bicyclic) bond motifs is 1. The van der Waals surface area contributed by atoms with Crippen molar-refractivity contribution in [2.45, 2.75) is 79.1 Å². The van der Waals surface area contributed by atoms with Crippen LogP contribution in [0.3, 0.4) is 0 Å². The van der Waals surface area contributed by atoms with E-state index in [1.54, 1.807) is 0 Å². The van der Waals surface area contributed by atoms with Crippen LogP contribution in [-0.4, -0.2) is 157 Å². The van der Waals surface area contributed by atoms with Crippen LogP contribution in [0.25, 0.3) is 11.0 Å². The fourth-order valence-corrected chi connectivity index (χ4v) is 5.23. The average molecular weight is 783 g/mol. The third-order valence-corrected chi connectivity index (χ3v) is 7.65. The molecule has 0 atom stereocenters. The van der Waals surface area contributed by atoms with Crippen molar-refractivity contribution in [1.29, 1.82) is 0 Å². The van der Waals surface area contributed by atoms with Gasteiger partial charge in [0, 0.05) is 45.8 Å². The molecule has 0 amide bonds. The third kappa shape index (κ3) is 30.2. The second-order valence-corrected chi connectivity index (χ2v) is 13.8. The van der Waals surface area contributed by atoms with E-state index in [0.717, 1.165) is 48.3 Å². The highest BCUT2D eigenvalue weighted by atomic mass is 16.4. The van der Waals surface area contributed by atoms with Gasteiger partial charge in [-0.2, -0.15) is 0 Å². The van der Waals surface area contributed by atoms with Crippen LogP contribution in [0.15, 0.2) is 24.3 Å². The highest BCUT2D eigenvalue weighted by molar-refractivity contribution is 5.77. The fourth-order valence-electron chi connectivity index (χ4n) is 5.23. The van der Waals surface area contributed by atoms with Crippen molar-refractivity contribution in [2.24, 2.45) is 11.8 Å². The lowest BCUT2D eigenvalue weighted by Crippen LogP contribution is -2.47. The molecule has 18 nitrogen and oxygen atoms in total. The van der Waals surface area contributed by atoms with E-state index in [1.165, 1.54) is 58.8 Å². The maximum atomic E-state index is 9.64. The maximum Gasteiger partial charge on any atom is 0.303 e. The molecular formula is C37H62N6O12. The van der Waals surface area contributed by atoms with Gasteiger partial charge in [0.1, 0.15) is 0 Å². The molecule has 3 rings (SSSR count). The number of benzene rings is 1. The summed E-state index contributed by atoms with van der Waals surface area (Å²) in [5.41, 5.74) is 2.12. The summed E-state index contributed by atoms with van der Waals surface area (Å²) < 4.78 is 0. The van der Waals surface area contributed by atoms with Crippen molar-refractivity contribution in [3.8, 4) is 0 Å². The summed E-state index contributed by atoms with van der Waals surface area (Å²) in [5, 5.41) is 50.8. The van der Waals surface area contributed by atoms with Gasteiger partial charge in [0.25, 0.3) is 0 Å². The number of piperazine rings is 1. The second kappa shape index (κ2) is 29.5. The van der Waals surface area contributed by atoms with Gasteiger partial charge in [0.15, 0.2) is 0 Å². The summed E-state index contributed by atoms with van der Waals surface area (Å²) >= 11 is 0. The first-order chi connectivity index (χ1) is 25.9. The van der Waals surface area contributed by atoms with Crippen molar-refractivity contribution in [3.05, 3.63) is 24.3 Å². The van der Waals surface area contributed by atoms with Crippen molar-refractivity contribution in [3.63, 3.8) is 0 Å². The predicted octanol–water partition coefficient (Wildman–Crippen LogP) is 3.79. The molecule has 1 saturated heterocycles. The first-order valence-corrected chi connectivity index (χ1v) is 18.5. The molecule has 0 saturated carbocycles. The lowest BCUT2D eigenvalue weighted by atomic mass is 10.1. The second-order valence-electron chi connectivity index (χ2n) is 13.8. The standard InChI is InChI=1S/C25H44N6.3C4H6O4/c1-21(2)19-31(20-22(3)4)14-8-13-30-17-15-29(16-18-30)12-7-11-26-25-27-23-9-5-6-10-24(23)28-25;3*5-3(6)1-2-4(7)8/h5-6,9-10,21-22H,7-8,11-20H2,1-4H3,(H2,26,27,28);3*1-2H2,(H,5,6)(H,7,8). The molecule has 1 aromatic carbocycles. The topological polar surface area (TPSA) is 274 Å². The van der Waals surface area contributed by atoms with Gasteiger partial charge in [0.05, 0.1) is 49.6 Å². The SMILES string of the molecule is CC(C)CN(CCCN1CCN(CCCNc2nc3ccccc3[nH]2)CC1)CC(C)C.O=C(O)CCC(=O)O.O=C(O)CCC(=O)O.O=C(O)CCC(=O)O. The molecule has 0 aliphatic carbocycles. The molecule has 8 N–H and O–H groups in total. The average Bonchev–Trinajstić information content (AvgIpc) is 3.51. The quantitative estimate of drug-likeness (QED) is 0.0789. The number of rotatable bonds is 22. The van der Waals surface area contributed by atoms with Crippen molar-refractivity contribution in [2.75, 3.05) is 70.8 Å². The van der Waals surface area contributed by atoms with Crippen LogP contribution in [0.1, 0.15) is 79.1 Å². The number of aromatic amines is 1. The molecule has 2 aromatic rings. The van der Waals surface area contributed by atoms with E-state index in [-0.39, 0.29) is 38.5 Å². The van der Waals surface area contributed by atoms with E-state index in [4.69, 9.17) is 30.6 Å². The Kier molecular flexibility index (Phi) is 27.0. The van der Waals surface area contributed by atoms with E-state index in [0.29, 0.717) is 0 Å². The Morgan fingerprint density at radius 1 is 0.655 bits per heavy atom. The van der Waals surface area contributed by atoms with Gasteiger partial charge in [-0.3, -0.25) is 28.8 Å². The van der Waals surface area contributed by atoms with Crippen LogP contribution in [-0.2, 0) is 28.8 Å². The molecule has 1 aliphatic rings. The maximum absolute atomic E-state index is 9.64. The number of H-pyrrole nitrogens is 1. The summed E-state index contributed by atoms with van der Waals surface area (Å²) in [6.45, 7) is 21.2. The minimum Gasteiger partial charge on any atom is -0.481 e. The zero-order valence-corrected chi connectivity index (χ0v) is 32.6. The smallest absolute Gasteiger partial charge is 0.303 e. The summed E-state index contributed by atoms with van der Waals surface area (Å²) in [7, 11) is 0. The lowest BCUT2D eigenvalue weighted by molar-refractivity contribution is -0.143. The Morgan fingerprint density at radius 2 is 1.04 bits per heavy atom. The molecule has 1 fully saturated rings. The van der Waals surface area contributed by atoms with Crippen LogP contribution < -0.4 is 5.32 Å². The Bertz CT molecular complexity index is 1270. The highest BCUT2D eigenvalue weighted by Gasteiger charge is 2.17. The first-order valence-electron chi connectivity index (χ1n) is 18.5. The first kappa shape index (κ1) is 50.2. The van der Waals surface area contributed by atoms with E-state index in [9.17, 15) is 28.8 Å². The number of anilines is 1. The number of hydrogen-bond acceptors (Lipinski definition) is 11. The van der Waals surface area contributed by atoms with Crippen molar-refractivity contribution < 1.29 is 59.4 Å². The van der Waals surface area contributed by atoms with Crippen molar-refractivity contribution in [1.82, 2.24) is 24.7 Å². The Labute approximate surface area is 322 Å². The number of aromatic nitrogens is 2. The van der Waals surface area contributed by atoms with E-state index in [2.05, 4.69) is 63.7 Å². The number of hydrogen-bond donors (Lipinski definition) is 8. The Morgan fingerprint density at radius 3 is 1.40 bits per heavy atom. The number of imidazole rings is 1. The van der Waals surface area contributed by atoms with Crippen LogP contribution >= 0.6 is 0 Å². The number of nitrogens with zero attached hydrogens (tertiary/aromatic N) is 4. The normalized spacial score (nSPS) is 12.9. The van der Waals surface area contributed by atoms with Crippen molar-refractivity contribution >= 4 is 52.8 Å². The molecule has 1 aliphatic heterocycles. The monoisotopic (exact) mass is 782 g/mol. The Balaban J connectivity index is 0.000000984. The largest absolute Gasteiger partial charge is 0.481 e. The van der Waals surface area contributed by atoms with Crippen LogP contribution in [0.5, 0.6) is 0 Å². The molecule has 312 valence electrons. The van der Waals surface area contributed by atoms with E-state index >= 15 is 0 Å². The lowest BCUT2D eigenvalue weighted by Gasteiger charge is -2.35. The number of carbonyl (C=O) groups is 6. The van der Waals surface area contributed by atoms with Crippen LogP contribution in [0.4, 0.5) is 5.95 Å². The minimum atomic E-state index is -1.08. The molecule has 0 unspecified atom stereocenters. The van der Waals surface area contributed by atoms with Crippen LogP contribution in [0, 0.1) is 11.8 Å². The summed E-state index contributed by atoms with van der Waals surface area (Å²) in [6.07, 6.45) is 0.664. The zero-order chi connectivity index (χ0) is 41.8. The molecule has 0 radical (unpaired) electrons. The molecule has 0 bridgehead atoms. The van der Waals surface area contributed by atoms with Crippen LogP contribution in [0.2, 0.25) is 0 Å². The Hall–Kier alpha value is -4.81. The highest BCUT2D eigenvalue weighted by Crippen LogP contribution is 2.13. The fraction of sp³-hybridized carbons (Fsp3) is 0.649. The number of carboxylic acid groups (broad SMARTS) is 6. The molecule has 0 spiro atoms. The number of aliphatic carboxylic acids is 6. The number of para-hydroxylation sites is 2. The van der Waals surface area contributed by atoms with Gasteiger partial charge < -0.3 is 55.6 Å². The van der Waals surface area contributed by atoms with Gasteiger partial charge >= 0.3 is 35.8 Å². The van der Waals surface area contributed by atoms with E-state index in [1.807, 2.05) is 18.2 Å². The van der Waals surface area contributed by atoms with Gasteiger partial charge in [-0.1, -0.05) is 39.8 Å². The molecule has 1 aromatic heterocycles. The van der Waals surface area contributed by atoms with Gasteiger partial charge in [0.2, 0.25) is 5.95 Å². The molecule has 2 heterocycles. The van der Waals surface area contributed by atoms with E-state index < -0.39 is 35.8 Å². The third-order valence-electron chi connectivity index (χ3n) is 7.65. The minimum absolute atomic E-state index is 0.296. The number of nitrogens with one attached hydrogen (secondary N) is 2. The molecule has 55 heavy (non-hydrogen) atoms. The summed E-state index contributed by atoms with van der Waals surface area (Å²) in [4.78, 5) is 73.7. The number of carboxylic acids is 6. The van der Waals surface area contributed by atoms with Gasteiger partial charge in [-0.25, -0.2) is 4.98 Å². The zero-order valence-electron chi connectivity index (χ0n) is 32.6. The molecule has 18 heteroatoms. The van der Waals surface area contributed by atoms with Gasteiger partial charge in [-0.05, 0) is 56.4 Å². The van der Waals surface area contributed by atoms with Gasteiger partial charge in [-0.15, -0.1) is 0 Å². The predicted molar refractivity (Wildman–Crippen MR) is 206 cm³/mol. The summed E-state index contributed by atoms with van der Waals surface area (Å²) in [5.74, 6) is -4.07. The summed E-state index contributed by atoms with van der Waals surface area (Å²) in [6, 6.07) is 8.18.